The van der Waals surface area contributed by atoms with Crippen LogP contribution < -0.4 is 10.6 Å². The van der Waals surface area contributed by atoms with Crippen molar-refractivity contribution >= 4 is 33.5 Å². The molecule has 1 saturated heterocycles. The predicted molar refractivity (Wildman–Crippen MR) is 75.3 cm³/mol. The first-order valence-corrected chi connectivity index (χ1v) is 6.89. The maximum absolute atomic E-state index is 11.6. The number of nitrogens with zero attached hydrogens (tertiary/aromatic N) is 1. The average molecular weight is 327 g/mol. The number of hydrogen-bond acceptors (Lipinski definition) is 3. The van der Waals surface area contributed by atoms with E-state index >= 15 is 0 Å². The Bertz CT molecular complexity index is 519. The Labute approximate surface area is 119 Å². The highest BCUT2D eigenvalue weighted by molar-refractivity contribution is 9.10. The highest BCUT2D eigenvalue weighted by Crippen LogP contribution is 2.32. The lowest BCUT2D eigenvalue weighted by molar-refractivity contribution is -0.139. The number of rotatable bonds is 3. The summed E-state index contributed by atoms with van der Waals surface area (Å²) in [6, 6.07) is 4.65. The Morgan fingerprint density at radius 2 is 2.11 bits per heavy atom. The number of piperidine rings is 1. The lowest BCUT2D eigenvalue weighted by Gasteiger charge is -2.35. The second-order valence-corrected chi connectivity index (χ2v) is 5.40. The second-order valence-electron chi connectivity index (χ2n) is 4.54. The van der Waals surface area contributed by atoms with Crippen LogP contribution in [0.1, 0.15) is 29.6 Å². The predicted octanol–water partition coefficient (Wildman–Crippen LogP) is 1.99. The number of carboxylic acids is 1. The number of carboxylic acid groups (broad SMARTS) is 1. The van der Waals surface area contributed by atoms with Crippen molar-refractivity contribution in [1.29, 1.82) is 0 Å². The molecular formula is C13H15BrN2O3. The van der Waals surface area contributed by atoms with E-state index in [2.05, 4.69) is 15.9 Å². The third-order valence-electron chi connectivity index (χ3n) is 3.34. The first-order valence-electron chi connectivity index (χ1n) is 6.10. The fourth-order valence-electron chi connectivity index (χ4n) is 2.47. The molecular weight excluding hydrogens is 312 g/mol. The van der Waals surface area contributed by atoms with Gasteiger partial charge in [0.2, 0.25) is 0 Å². The van der Waals surface area contributed by atoms with E-state index < -0.39 is 17.9 Å². The first-order chi connectivity index (χ1) is 9.02. The monoisotopic (exact) mass is 326 g/mol. The molecule has 6 heteroatoms. The Kier molecular flexibility index (Phi) is 4.09. The van der Waals surface area contributed by atoms with Crippen molar-refractivity contribution in [2.75, 3.05) is 11.4 Å². The van der Waals surface area contributed by atoms with Gasteiger partial charge in [0, 0.05) is 11.0 Å². The molecule has 1 heterocycles. The Morgan fingerprint density at radius 1 is 1.37 bits per heavy atom. The van der Waals surface area contributed by atoms with E-state index in [1.54, 1.807) is 23.1 Å². The van der Waals surface area contributed by atoms with Crippen LogP contribution in [0.4, 0.5) is 5.69 Å². The summed E-state index contributed by atoms with van der Waals surface area (Å²) in [5.74, 6) is -1.42. The number of carbonyl (C=O) groups excluding carboxylic acids is 1. The quantitative estimate of drug-likeness (QED) is 0.889. The number of halogens is 1. The molecule has 1 atom stereocenters. The Morgan fingerprint density at radius 3 is 2.74 bits per heavy atom. The van der Waals surface area contributed by atoms with E-state index in [1.807, 2.05) is 0 Å². The van der Waals surface area contributed by atoms with Crippen molar-refractivity contribution in [2.24, 2.45) is 5.73 Å². The number of primary amides is 1. The van der Waals surface area contributed by atoms with Gasteiger partial charge in [0.05, 0.1) is 11.3 Å². The number of aliphatic carboxylic acids is 1. The molecule has 0 aromatic heterocycles. The second kappa shape index (κ2) is 5.61. The molecule has 0 saturated carbocycles. The van der Waals surface area contributed by atoms with Crippen LogP contribution in [0.2, 0.25) is 0 Å². The van der Waals surface area contributed by atoms with Crippen molar-refractivity contribution in [1.82, 2.24) is 0 Å². The molecule has 1 aromatic carbocycles. The number of anilines is 1. The van der Waals surface area contributed by atoms with Crippen LogP contribution in [0.15, 0.2) is 22.7 Å². The molecule has 19 heavy (non-hydrogen) atoms. The van der Waals surface area contributed by atoms with Gasteiger partial charge in [-0.25, -0.2) is 4.79 Å². The molecule has 0 aliphatic carbocycles. The SMILES string of the molecule is NC(=O)c1c(Br)cccc1N1CCCCC1C(=O)O. The largest absolute Gasteiger partial charge is 0.480 e. The molecule has 1 amide bonds. The van der Waals surface area contributed by atoms with Crippen LogP contribution in [0.25, 0.3) is 0 Å². The molecule has 1 aliphatic heterocycles. The summed E-state index contributed by atoms with van der Waals surface area (Å²) in [4.78, 5) is 24.7. The number of nitrogens with two attached hydrogens (primary N) is 1. The summed E-state index contributed by atoms with van der Waals surface area (Å²) in [6.07, 6.45) is 2.38. The molecule has 0 bridgehead atoms. The van der Waals surface area contributed by atoms with E-state index in [1.165, 1.54) is 0 Å². The molecule has 1 aliphatic rings. The van der Waals surface area contributed by atoms with Crippen molar-refractivity contribution in [3.63, 3.8) is 0 Å². The van der Waals surface area contributed by atoms with Gasteiger partial charge in [0.25, 0.3) is 5.91 Å². The minimum atomic E-state index is -0.866. The van der Waals surface area contributed by atoms with Gasteiger partial charge in [-0.05, 0) is 47.3 Å². The topological polar surface area (TPSA) is 83.6 Å². The summed E-state index contributed by atoms with van der Waals surface area (Å²) >= 11 is 3.30. The molecule has 2 rings (SSSR count). The molecule has 5 nitrogen and oxygen atoms in total. The van der Waals surface area contributed by atoms with Crippen molar-refractivity contribution in [3.8, 4) is 0 Å². The highest BCUT2D eigenvalue weighted by atomic mass is 79.9. The maximum atomic E-state index is 11.6. The number of benzene rings is 1. The van der Waals surface area contributed by atoms with Crippen molar-refractivity contribution in [3.05, 3.63) is 28.2 Å². The van der Waals surface area contributed by atoms with Crippen LogP contribution in [0, 0.1) is 0 Å². The summed E-state index contributed by atoms with van der Waals surface area (Å²) in [5, 5.41) is 9.30. The minimum Gasteiger partial charge on any atom is -0.480 e. The lowest BCUT2D eigenvalue weighted by atomic mass is 9.99. The van der Waals surface area contributed by atoms with Crippen LogP contribution in [-0.2, 0) is 4.79 Å². The molecule has 1 fully saturated rings. The van der Waals surface area contributed by atoms with Crippen LogP contribution in [-0.4, -0.2) is 29.6 Å². The average Bonchev–Trinajstić information content (AvgIpc) is 2.37. The van der Waals surface area contributed by atoms with Crippen LogP contribution in [0.5, 0.6) is 0 Å². The van der Waals surface area contributed by atoms with Gasteiger partial charge in [-0.15, -0.1) is 0 Å². The zero-order valence-corrected chi connectivity index (χ0v) is 11.9. The lowest BCUT2D eigenvalue weighted by Crippen LogP contribution is -2.45. The summed E-state index contributed by atoms with van der Waals surface area (Å²) in [7, 11) is 0. The fraction of sp³-hybridized carbons (Fsp3) is 0.385. The summed E-state index contributed by atoms with van der Waals surface area (Å²) < 4.78 is 0.590. The van der Waals surface area contributed by atoms with Gasteiger partial charge in [-0.3, -0.25) is 4.79 Å². The van der Waals surface area contributed by atoms with Gasteiger partial charge in [-0.2, -0.15) is 0 Å². The van der Waals surface area contributed by atoms with Crippen LogP contribution in [0.3, 0.4) is 0 Å². The van der Waals surface area contributed by atoms with Crippen LogP contribution >= 0.6 is 15.9 Å². The molecule has 1 unspecified atom stereocenters. The molecule has 0 spiro atoms. The molecule has 3 N–H and O–H groups in total. The van der Waals surface area contributed by atoms with E-state index in [4.69, 9.17) is 5.73 Å². The summed E-state index contributed by atoms with van der Waals surface area (Å²) in [6.45, 7) is 0.619. The van der Waals surface area contributed by atoms with E-state index in [-0.39, 0.29) is 0 Å². The number of amides is 1. The fourth-order valence-corrected chi connectivity index (χ4v) is 3.02. The van der Waals surface area contributed by atoms with Gasteiger partial charge in [0.1, 0.15) is 6.04 Å². The third-order valence-corrected chi connectivity index (χ3v) is 4.00. The highest BCUT2D eigenvalue weighted by Gasteiger charge is 2.31. The van der Waals surface area contributed by atoms with E-state index in [0.717, 1.165) is 12.8 Å². The zero-order chi connectivity index (χ0) is 14.0. The van der Waals surface area contributed by atoms with E-state index in [0.29, 0.717) is 28.7 Å². The Balaban J connectivity index is 2.47. The normalized spacial score (nSPS) is 19.2. The zero-order valence-electron chi connectivity index (χ0n) is 10.3. The third kappa shape index (κ3) is 2.73. The van der Waals surface area contributed by atoms with Gasteiger partial charge in [-0.1, -0.05) is 6.07 Å². The first kappa shape index (κ1) is 13.9. The molecule has 0 radical (unpaired) electrons. The standard InChI is InChI=1S/C13H15BrN2O3/c14-8-4-3-6-9(11(8)12(15)17)16-7-2-1-5-10(16)13(18)19/h3-4,6,10H,1-2,5,7H2,(H2,15,17)(H,18,19). The van der Waals surface area contributed by atoms with Gasteiger partial charge >= 0.3 is 5.97 Å². The Hall–Kier alpha value is -1.56. The molecule has 102 valence electrons. The minimum absolute atomic E-state index is 0.343. The maximum Gasteiger partial charge on any atom is 0.326 e. The molecule has 1 aromatic rings. The van der Waals surface area contributed by atoms with Crippen molar-refractivity contribution in [2.45, 2.75) is 25.3 Å². The van der Waals surface area contributed by atoms with Gasteiger partial charge in [0.15, 0.2) is 0 Å². The number of hydrogen-bond donors (Lipinski definition) is 2. The summed E-state index contributed by atoms with van der Waals surface area (Å²) in [5.41, 5.74) is 6.34. The van der Waals surface area contributed by atoms with Gasteiger partial charge < -0.3 is 15.7 Å². The van der Waals surface area contributed by atoms with Crippen molar-refractivity contribution < 1.29 is 14.7 Å². The van der Waals surface area contributed by atoms with E-state index in [9.17, 15) is 14.7 Å². The number of carbonyl (C=O) groups is 2. The smallest absolute Gasteiger partial charge is 0.326 e.